The Morgan fingerprint density at radius 1 is 1.16 bits per heavy atom. The van der Waals surface area contributed by atoms with E-state index in [4.69, 9.17) is 4.74 Å². The molecular formula is C20H24N2O3. The van der Waals surface area contributed by atoms with Gasteiger partial charge >= 0.3 is 0 Å². The summed E-state index contributed by atoms with van der Waals surface area (Å²) in [6.07, 6.45) is 2.06. The monoisotopic (exact) mass is 340 g/mol. The number of hydrogen-bond acceptors (Lipinski definition) is 3. The number of amides is 1. The molecule has 1 aromatic carbocycles. The number of ether oxygens (including phenoxy) is 1. The zero-order valence-corrected chi connectivity index (χ0v) is 15.2. The number of carbonyl (C=O) groups is 2. The van der Waals surface area contributed by atoms with Gasteiger partial charge in [-0.25, -0.2) is 0 Å². The molecule has 5 heteroatoms. The van der Waals surface area contributed by atoms with Crippen LogP contribution in [-0.2, 0) is 0 Å². The van der Waals surface area contributed by atoms with Crippen LogP contribution in [0.2, 0.25) is 0 Å². The quantitative estimate of drug-likeness (QED) is 0.792. The smallest absolute Gasteiger partial charge is 0.268 e. The second-order valence-corrected chi connectivity index (χ2v) is 6.83. The molecule has 0 unspecified atom stereocenters. The molecule has 25 heavy (non-hydrogen) atoms. The van der Waals surface area contributed by atoms with Crippen LogP contribution in [0.1, 0.15) is 56.1 Å². The molecule has 1 fully saturated rings. The van der Waals surface area contributed by atoms with Gasteiger partial charge in [0.15, 0.2) is 6.61 Å². The third-order valence-corrected chi connectivity index (χ3v) is 4.70. The van der Waals surface area contributed by atoms with Gasteiger partial charge in [-0.05, 0) is 69.4 Å². The van der Waals surface area contributed by atoms with Crippen LogP contribution in [0, 0.1) is 27.7 Å². The van der Waals surface area contributed by atoms with Crippen molar-refractivity contribution in [2.75, 3.05) is 6.61 Å². The standard InChI is InChI=1S/C20H24N2O3/c1-11-5-8-16(9-12(11)2)25-10-17(23)18-13(3)19(21-14(18)4)20(24)22-15-6-7-15/h5,8-9,15,21H,6-7,10H2,1-4H3,(H,22,24). The maximum atomic E-state index is 12.6. The lowest BCUT2D eigenvalue weighted by atomic mass is 10.1. The van der Waals surface area contributed by atoms with Crippen LogP contribution in [0.25, 0.3) is 0 Å². The zero-order valence-electron chi connectivity index (χ0n) is 15.2. The van der Waals surface area contributed by atoms with Crippen molar-refractivity contribution in [3.05, 3.63) is 51.8 Å². The number of ketones is 1. The first-order valence-electron chi connectivity index (χ1n) is 8.60. The van der Waals surface area contributed by atoms with Gasteiger partial charge in [0.25, 0.3) is 5.91 Å². The van der Waals surface area contributed by atoms with E-state index in [0.29, 0.717) is 28.3 Å². The Kier molecular flexibility index (Phi) is 4.66. The highest BCUT2D eigenvalue weighted by Crippen LogP contribution is 2.23. The number of aromatic amines is 1. The van der Waals surface area contributed by atoms with Crippen LogP contribution in [0.4, 0.5) is 0 Å². The summed E-state index contributed by atoms with van der Waals surface area (Å²) in [5, 5.41) is 2.95. The summed E-state index contributed by atoms with van der Waals surface area (Å²) in [5.74, 6) is 0.404. The van der Waals surface area contributed by atoms with E-state index in [1.807, 2.05) is 39.0 Å². The molecule has 3 rings (SSSR count). The Morgan fingerprint density at radius 3 is 2.52 bits per heavy atom. The highest BCUT2D eigenvalue weighted by molar-refractivity contribution is 6.04. The van der Waals surface area contributed by atoms with E-state index >= 15 is 0 Å². The summed E-state index contributed by atoms with van der Waals surface area (Å²) in [5.41, 5.74) is 4.71. The minimum Gasteiger partial charge on any atom is -0.485 e. The van der Waals surface area contributed by atoms with E-state index < -0.39 is 0 Å². The zero-order chi connectivity index (χ0) is 18.1. The lowest BCUT2D eigenvalue weighted by Gasteiger charge is -2.08. The maximum Gasteiger partial charge on any atom is 0.268 e. The maximum absolute atomic E-state index is 12.6. The number of aromatic nitrogens is 1. The first-order chi connectivity index (χ1) is 11.9. The Labute approximate surface area is 147 Å². The molecule has 1 aliphatic carbocycles. The predicted molar refractivity (Wildman–Crippen MR) is 96.5 cm³/mol. The van der Waals surface area contributed by atoms with E-state index in [9.17, 15) is 9.59 Å². The van der Waals surface area contributed by atoms with E-state index in [2.05, 4.69) is 10.3 Å². The van der Waals surface area contributed by atoms with Crippen molar-refractivity contribution < 1.29 is 14.3 Å². The number of nitrogens with one attached hydrogen (secondary N) is 2. The van der Waals surface area contributed by atoms with Crippen molar-refractivity contribution in [1.29, 1.82) is 0 Å². The molecule has 2 aromatic rings. The average molecular weight is 340 g/mol. The normalized spacial score (nSPS) is 13.6. The van der Waals surface area contributed by atoms with Crippen molar-refractivity contribution in [1.82, 2.24) is 10.3 Å². The largest absolute Gasteiger partial charge is 0.485 e. The molecule has 132 valence electrons. The lowest BCUT2D eigenvalue weighted by Crippen LogP contribution is -2.26. The number of carbonyl (C=O) groups excluding carboxylic acids is 2. The second kappa shape index (κ2) is 6.75. The van der Waals surface area contributed by atoms with Gasteiger partial charge in [0, 0.05) is 17.3 Å². The molecule has 0 saturated heterocycles. The van der Waals surface area contributed by atoms with E-state index in [-0.39, 0.29) is 24.3 Å². The Morgan fingerprint density at radius 2 is 1.88 bits per heavy atom. The van der Waals surface area contributed by atoms with Crippen LogP contribution in [0.3, 0.4) is 0 Å². The third kappa shape index (κ3) is 3.76. The van der Waals surface area contributed by atoms with Crippen molar-refractivity contribution in [2.24, 2.45) is 0 Å². The molecule has 1 heterocycles. The Bertz CT molecular complexity index is 832. The number of benzene rings is 1. The molecule has 5 nitrogen and oxygen atoms in total. The summed E-state index contributed by atoms with van der Waals surface area (Å²) in [7, 11) is 0. The van der Waals surface area contributed by atoms with Crippen LogP contribution in [0.15, 0.2) is 18.2 Å². The predicted octanol–water partition coefficient (Wildman–Crippen LogP) is 3.40. The van der Waals surface area contributed by atoms with Crippen LogP contribution in [-0.4, -0.2) is 29.3 Å². The minimum atomic E-state index is -0.141. The van der Waals surface area contributed by atoms with Gasteiger partial charge in [-0.1, -0.05) is 6.07 Å². The fourth-order valence-electron chi connectivity index (χ4n) is 2.91. The highest BCUT2D eigenvalue weighted by Gasteiger charge is 2.27. The van der Waals surface area contributed by atoms with E-state index in [0.717, 1.165) is 18.4 Å². The number of hydrogen-bond donors (Lipinski definition) is 2. The van der Waals surface area contributed by atoms with E-state index in [1.54, 1.807) is 6.92 Å². The topological polar surface area (TPSA) is 71.2 Å². The molecular weight excluding hydrogens is 316 g/mol. The van der Waals surface area contributed by atoms with Crippen molar-refractivity contribution >= 4 is 11.7 Å². The minimum absolute atomic E-state index is 0.0499. The van der Waals surface area contributed by atoms with E-state index in [1.165, 1.54) is 5.56 Å². The molecule has 0 radical (unpaired) electrons. The van der Waals surface area contributed by atoms with Crippen LogP contribution < -0.4 is 10.1 Å². The molecule has 1 aliphatic rings. The summed E-state index contributed by atoms with van der Waals surface area (Å²) in [6.45, 7) is 7.60. The molecule has 0 bridgehead atoms. The second-order valence-electron chi connectivity index (χ2n) is 6.83. The van der Waals surface area contributed by atoms with Crippen molar-refractivity contribution in [3.8, 4) is 5.75 Å². The van der Waals surface area contributed by atoms with Crippen molar-refractivity contribution in [3.63, 3.8) is 0 Å². The van der Waals surface area contributed by atoms with Gasteiger partial charge in [-0.15, -0.1) is 0 Å². The van der Waals surface area contributed by atoms with Gasteiger partial charge < -0.3 is 15.0 Å². The number of Topliss-reactive ketones (excluding diaryl/α,β-unsaturated/α-hetero) is 1. The summed E-state index contributed by atoms with van der Waals surface area (Å²) < 4.78 is 5.65. The lowest BCUT2D eigenvalue weighted by molar-refractivity contribution is 0.0920. The highest BCUT2D eigenvalue weighted by atomic mass is 16.5. The molecule has 1 amide bonds. The Hall–Kier alpha value is -2.56. The van der Waals surface area contributed by atoms with Crippen molar-refractivity contribution in [2.45, 2.75) is 46.6 Å². The number of H-pyrrole nitrogens is 1. The fraction of sp³-hybridized carbons (Fsp3) is 0.400. The summed E-state index contributed by atoms with van der Waals surface area (Å²) in [4.78, 5) is 27.9. The summed E-state index contributed by atoms with van der Waals surface area (Å²) >= 11 is 0. The molecule has 1 saturated carbocycles. The van der Waals surface area contributed by atoms with Gasteiger partial charge in [0.2, 0.25) is 5.78 Å². The van der Waals surface area contributed by atoms with Crippen LogP contribution in [0.5, 0.6) is 5.75 Å². The Balaban J connectivity index is 1.71. The molecule has 2 N–H and O–H groups in total. The third-order valence-electron chi connectivity index (χ3n) is 4.70. The first-order valence-corrected chi connectivity index (χ1v) is 8.60. The fourth-order valence-corrected chi connectivity index (χ4v) is 2.91. The van der Waals surface area contributed by atoms with Gasteiger partial charge in [-0.2, -0.15) is 0 Å². The molecule has 0 spiro atoms. The number of aryl methyl sites for hydroxylation is 3. The molecule has 0 aliphatic heterocycles. The molecule has 1 aromatic heterocycles. The number of rotatable bonds is 6. The average Bonchev–Trinajstić information content (AvgIpc) is 3.32. The van der Waals surface area contributed by atoms with Gasteiger partial charge in [0.05, 0.1) is 0 Å². The summed E-state index contributed by atoms with van der Waals surface area (Å²) in [6, 6.07) is 6.04. The van der Waals surface area contributed by atoms with Crippen LogP contribution >= 0.6 is 0 Å². The SMILES string of the molecule is Cc1ccc(OCC(=O)c2c(C)[nH]c(C(=O)NC3CC3)c2C)cc1C. The van der Waals surface area contributed by atoms with Gasteiger partial charge in [0.1, 0.15) is 11.4 Å². The first kappa shape index (κ1) is 17.3. The van der Waals surface area contributed by atoms with Gasteiger partial charge in [-0.3, -0.25) is 9.59 Å². The molecule has 0 atom stereocenters.